The molecule has 0 N–H and O–H groups in total. The Morgan fingerprint density at radius 2 is 0.488 bits per heavy atom. The molecule has 0 radical (unpaired) electrons. The van der Waals surface area contributed by atoms with Crippen molar-refractivity contribution in [2.24, 2.45) is 0 Å². The van der Waals surface area contributed by atoms with Gasteiger partial charge in [0.25, 0.3) is 0 Å². The highest BCUT2D eigenvalue weighted by Gasteiger charge is 2.19. The third-order valence-corrected chi connectivity index (χ3v) is 14.7. The molecular formula is C76H128O6. The van der Waals surface area contributed by atoms with E-state index in [1.165, 1.54) is 135 Å². The van der Waals surface area contributed by atoms with Gasteiger partial charge in [0.2, 0.25) is 0 Å². The lowest BCUT2D eigenvalue weighted by Gasteiger charge is -2.18. The smallest absolute Gasteiger partial charge is 0.306 e. The van der Waals surface area contributed by atoms with Crippen molar-refractivity contribution in [3.63, 3.8) is 0 Å². The van der Waals surface area contributed by atoms with E-state index in [0.29, 0.717) is 19.3 Å². The predicted molar refractivity (Wildman–Crippen MR) is 357 cm³/mol. The molecule has 0 aliphatic rings. The zero-order valence-electron chi connectivity index (χ0n) is 53.7. The molecule has 1 unspecified atom stereocenters. The van der Waals surface area contributed by atoms with Crippen LogP contribution in [0.2, 0.25) is 0 Å². The maximum Gasteiger partial charge on any atom is 0.306 e. The molecule has 0 amide bonds. The summed E-state index contributed by atoms with van der Waals surface area (Å²) in [6.45, 7) is 6.49. The molecule has 0 aromatic rings. The second kappa shape index (κ2) is 69.3. The number of esters is 3. The van der Waals surface area contributed by atoms with Gasteiger partial charge < -0.3 is 14.2 Å². The average molecular weight is 1140 g/mol. The van der Waals surface area contributed by atoms with E-state index in [1.807, 2.05) is 0 Å². The van der Waals surface area contributed by atoms with E-state index < -0.39 is 6.10 Å². The monoisotopic (exact) mass is 1140 g/mol. The van der Waals surface area contributed by atoms with Crippen molar-refractivity contribution >= 4 is 17.9 Å². The van der Waals surface area contributed by atoms with Crippen LogP contribution in [0.3, 0.4) is 0 Å². The van der Waals surface area contributed by atoms with Gasteiger partial charge in [0.05, 0.1) is 0 Å². The van der Waals surface area contributed by atoms with Gasteiger partial charge in [-0.05, 0) is 109 Å². The second-order valence-electron chi connectivity index (χ2n) is 22.7. The van der Waals surface area contributed by atoms with Crippen molar-refractivity contribution in [2.45, 2.75) is 329 Å². The van der Waals surface area contributed by atoms with Gasteiger partial charge in [0.1, 0.15) is 13.2 Å². The summed E-state index contributed by atoms with van der Waals surface area (Å²) >= 11 is 0. The number of allylic oxidation sites excluding steroid dienone is 20. The molecule has 0 aromatic heterocycles. The molecule has 6 nitrogen and oxygen atoms in total. The largest absolute Gasteiger partial charge is 0.462 e. The summed E-state index contributed by atoms with van der Waals surface area (Å²) in [7, 11) is 0. The van der Waals surface area contributed by atoms with Crippen molar-refractivity contribution in [3.05, 3.63) is 122 Å². The van der Waals surface area contributed by atoms with Gasteiger partial charge in [-0.3, -0.25) is 14.4 Å². The predicted octanol–water partition coefficient (Wildman–Crippen LogP) is 23.9. The summed E-state index contributed by atoms with van der Waals surface area (Å²) in [4.78, 5) is 38.4. The average Bonchev–Trinajstić information content (AvgIpc) is 3.47. The van der Waals surface area contributed by atoms with Crippen LogP contribution in [0.25, 0.3) is 0 Å². The maximum absolute atomic E-state index is 12.9. The maximum atomic E-state index is 12.9. The molecule has 6 heteroatoms. The van der Waals surface area contributed by atoms with Crippen LogP contribution >= 0.6 is 0 Å². The van der Waals surface area contributed by atoms with E-state index in [0.717, 1.165) is 148 Å². The van der Waals surface area contributed by atoms with Gasteiger partial charge in [-0.1, -0.05) is 316 Å². The fourth-order valence-electron chi connectivity index (χ4n) is 9.54. The van der Waals surface area contributed by atoms with E-state index in [9.17, 15) is 14.4 Å². The summed E-state index contributed by atoms with van der Waals surface area (Å²) in [6.07, 6.45) is 96.4. The molecule has 0 aliphatic carbocycles. The van der Waals surface area contributed by atoms with E-state index in [-0.39, 0.29) is 31.1 Å². The highest BCUT2D eigenvalue weighted by atomic mass is 16.6. The van der Waals surface area contributed by atoms with Crippen molar-refractivity contribution in [1.82, 2.24) is 0 Å². The Labute approximate surface area is 507 Å². The molecular weight excluding hydrogens is 1010 g/mol. The van der Waals surface area contributed by atoms with Crippen molar-refractivity contribution in [3.8, 4) is 0 Å². The number of rotatable bonds is 62. The molecule has 0 fully saturated rings. The van der Waals surface area contributed by atoms with Gasteiger partial charge in [0.15, 0.2) is 6.10 Å². The summed E-state index contributed by atoms with van der Waals surface area (Å²) in [6, 6.07) is 0. The number of hydrogen-bond acceptors (Lipinski definition) is 6. The molecule has 0 aromatic carbocycles. The van der Waals surface area contributed by atoms with Gasteiger partial charge in [-0.25, -0.2) is 0 Å². The third kappa shape index (κ3) is 66.6. The number of carbonyl (C=O) groups is 3. The Kier molecular flexibility index (Phi) is 65.8. The Morgan fingerprint density at radius 3 is 0.780 bits per heavy atom. The lowest BCUT2D eigenvalue weighted by atomic mass is 10.0. The van der Waals surface area contributed by atoms with Crippen LogP contribution < -0.4 is 0 Å². The summed E-state index contributed by atoms with van der Waals surface area (Å²) in [5.41, 5.74) is 0. The molecule has 0 aliphatic heterocycles. The Morgan fingerprint density at radius 1 is 0.256 bits per heavy atom. The molecule has 1 atom stereocenters. The minimum atomic E-state index is -0.798. The summed E-state index contributed by atoms with van der Waals surface area (Å²) < 4.78 is 16.9. The number of carbonyl (C=O) groups excluding carboxylic acids is 3. The van der Waals surface area contributed by atoms with Crippen molar-refractivity contribution in [1.29, 1.82) is 0 Å². The molecule has 0 heterocycles. The van der Waals surface area contributed by atoms with Crippen molar-refractivity contribution in [2.75, 3.05) is 13.2 Å². The molecule has 0 saturated carbocycles. The first-order valence-electron chi connectivity index (χ1n) is 34.5. The van der Waals surface area contributed by atoms with Crippen LogP contribution in [-0.2, 0) is 28.6 Å². The number of hydrogen-bond donors (Lipinski definition) is 0. The van der Waals surface area contributed by atoms with Gasteiger partial charge in [-0.15, -0.1) is 0 Å². The zero-order valence-corrected chi connectivity index (χ0v) is 53.7. The van der Waals surface area contributed by atoms with Crippen LogP contribution in [0, 0.1) is 0 Å². The fraction of sp³-hybridized carbons (Fsp3) is 0.697. The Hall–Kier alpha value is -4.19. The van der Waals surface area contributed by atoms with Gasteiger partial charge >= 0.3 is 17.9 Å². The molecule has 82 heavy (non-hydrogen) atoms. The fourth-order valence-corrected chi connectivity index (χ4v) is 9.54. The van der Waals surface area contributed by atoms with Crippen LogP contribution in [-0.4, -0.2) is 37.2 Å². The first-order chi connectivity index (χ1) is 40.5. The second-order valence-corrected chi connectivity index (χ2v) is 22.7. The van der Waals surface area contributed by atoms with Gasteiger partial charge in [0, 0.05) is 19.3 Å². The normalized spacial score (nSPS) is 12.9. The number of ether oxygens (including phenoxy) is 3. The standard InChI is InChI=1S/C76H128O6/c1-4-7-10-13-16-19-22-25-28-30-32-34-35-36-37-38-39-40-41-43-44-46-48-51-54-57-60-63-66-69-75(78)81-72-73(71-80-74(77)68-65-62-59-56-53-50-27-24-21-18-15-12-9-6-3)82-76(79)70-67-64-61-58-55-52-49-47-45-42-33-31-29-26-23-20-17-14-11-8-5-2/h7,10,15-16,18-19,24-25,27-28,32,34,36-37,39-40,43-44,48,51,73H,4-6,8-9,11-14,17,20-23,26,29-31,33,35,38,41-42,45-47,49-50,52-72H2,1-3H3/b10-7-,18-15-,19-16-,27-24-,28-25-,34-32-,37-36-,40-39-,44-43-,51-48-. The summed E-state index contributed by atoms with van der Waals surface area (Å²) in [5, 5.41) is 0. The number of unbranched alkanes of at least 4 members (excludes halogenated alkanes) is 31. The van der Waals surface area contributed by atoms with Crippen LogP contribution in [0.4, 0.5) is 0 Å². The quantitative estimate of drug-likeness (QED) is 0.0261. The Balaban J connectivity index is 4.39. The Bertz CT molecular complexity index is 1690. The lowest BCUT2D eigenvalue weighted by Crippen LogP contribution is -2.30. The third-order valence-electron chi connectivity index (χ3n) is 14.7. The topological polar surface area (TPSA) is 78.9 Å². The minimum Gasteiger partial charge on any atom is -0.462 e. The highest BCUT2D eigenvalue weighted by Crippen LogP contribution is 2.17. The SMILES string of the molecule is CC/C=C\C/C=C\C/C=C\C/C=C\C/C=C\C/C=C\C/C=C\C/C=C\CCCCCCC(=O)OCC(COC(=O)CCCCCCC/C=C\C/C=C\CCCC)OC(=O)CCCCCCCCCCCCCCCCCCCCCCC. The van der Waals surface area contributed by atoms with E-state index >= 15 is 0 Å². The van der Waals surface area contributed by atoms with E-state index in [1.54, 1.807) is 0 Å². The lowest BCUT2D eigenvalue weighted by molar-refractivity contribution is -0.167. The van der Waals surface area contributed by atoms with E-state index in [2.05, 4.69) is 142 Å². The van der Waals surface area contributed by atoms with Crippen LogP contribution in [0.15, 0.2) is 122 Å². The first-order valence-corrected chi connectivity index (χ1v) is 34.5. The highest BCUT2D eigenvalue weighted by molar-refractivity contribution is 5.71. The summed E-state index contributed by atoms with van der Waals surface area (Å²) in [5.74, 6) is -0.920. The van der Waals surface area contributed by atoms with Gasteiger partial charge in [-0.2, -0.15) is 0 Å². The minimum absolute atomic E-state index is 0.0932. The molecule has 0 bridgehead atoms. The first kappa shape index (κ1) is 77.8. The van der Waals surface area contributed by atoms with E-state index in [4.69, 9.17) is 14.2 Å². The molecule has 0 rings (SSSR count). The van der Waals surface area contributed by atoms with Crippen LogP contribution in [0.1, 0.15) is 323 Å². The molecule has 0 saturated heterocycles. The zero-order chi connectivity index (χ0) is 59.2. The molecule has 468 valence electrons. The van der Waals surface area contributed by atoms with Crippen molar-refractivity contribution < 1.29 is 28.6 Å². The van der Waals surface area contributed by atoms with Crippen LogP contribution in [0.5, 0.6) is 0 Å². The molecule has 0 spiro atoms.